The lowest BCUT2D eigenvalue weighted by Crippen LogP contribution is -2.50. The van der Waals surface area contributed by atoms with Gasteiger partial charge in [0.05, 0.1) is 0 Å². The van der Waals surface area contributed by atoms with Crippen molar-refractivity contribution < 1.29 is 14.4 Å². The van der Waals surface area contributed by atoms with Crippen molar-refractivity contribution in [2.75, 3.05) is 31.5 Å². The van der Waals surface area contributed by atoms with E-state index in [-0.39, 0.29) is 30.6 Å². The summed E-state index contributed by atoms with van der Waals surface area (Å²) >= 11 is 0. The largest absolute Gasteiger partial charge is 0.339 e. The van der Waals surface area contributed by atoms with Gasteiger partial charge in [-0.2, -0.15) is 0 Å². The molecule has 1 heterocycles. The molecule has 1 aromatic carbocycles. The highest BCUT2D eigenvalue weighted by atomic mass is 16.2. The summed E-state index contributed by atoms with van der Waals surface area (Å²) in [5.74, 6) is -0.164. The Balaban J connectivity index is 1.72. The molecule has 0 spiro atoms. The number of anilines is 1. The highest BCUT2D eigenvalue weighted by Gasteiger charge is 2.22. The van der Waals surface area contributed by atoms with E-state index in [1.54, 1.807) is 21.9 Å². The maximum atomic E-state index is 12.1. The number of hydrogen-bond acceptors (Lipinski definition) is 3. The zero-order valence-electron chi connectivity index (χ0n) is 12.7. The molecule has 0 radical (unpaired) electrons. The summed E-state index contributed by atoms with van der Waals surface area (Å²) < 4.78 is 0. The summed E-state index contributed by atoms with van der Waals surface area (Å²) in [6.45, 7) is 3.75. The van der Waals surface area contributed by atoms with Gasteiger partial charge < -0.3 is 15.1 Å². The standard InChI is InChI=1S/C16H21N3O3/c1-13(20)18-9-11-19(12-10-18)16(22)8-7-15(21)17-14-5-3-2-4-6-14/h2-6H,7-12H2,1H3,(H,17,21). The predicted octanol–water partition coefficient (Wildman–Crippen LogP) is 1.10. The lowest BCUT2D eigenvalue weighted by atomic mass is 10.2. The van der Waals surface area contributed by atoms with E-state index < -0.39 is 0 Å². The monoisotopic (exact) mass is 303 g/mol. The lowest BCUT2D eigenvalue weighted by molar-refractivity contribution is -0.138. The van der Waals surface area contributed by atoms with Crippen LogP contribution in [-0.4, -0.2) is 53.7 Å². The summed E-state index contributed by atoms with van der Waals surface area (Å²) in [7, 11) is 0. The second-order valence-electron chi connectivity index (χ2n) is 5.30. The van der Waals surface area contributed by atoms with Crippen LogP contribution in [0.15, 0.2) is 30.3 Å². The van der Waals surface area contributed by atoms with Crippen molar-refractivity contribution in [2.24, 2.45) is 0 Å². The molecule has 1 saturated heterocycles. The van der Waals surface area contributed by atoms with Gasteiger partial charge in [-0.15, -0.1) is 0 Å². The normalized spacial score (nSPS) is 14.6. The molecule has 2 rings (SSSR count). The number of benzene rings is 1. The third-order valence-corrected chi connectivity index (χ3v) is 3.70. The van der Waals surface area contributed by atoms with Crippen LogP contribution in [0.25, 0.3) is 0 Å². The topological polar surface area (TPSA) is 69.7 Å². The molecule has 1 aliphatic rings. The van der Waals surface area contributed by atoms with E-state index in [1.807, 2.05) is 18.2 Å². The van der Waals surface area contributed by atoms with Gasteiger partial charge in [0.2, 0.25) is 17.7 Å². The minimum Gasteiger partial charge on any atom is -0.339 e. The number of amides is 3. The molecule has 0 unspecified atom stereocenters. The molecule has 6 nitrogen and oxygen atoms in total. The van der Waals surface area contributed by atoms with Crippen LogP contribution in [-0.2, 0) is 14.4 Å². The lowest BCUT2D eigenvalue weighted by Gasteiger charge is -2.34. The van der Waals surface area contributed by atoms with E-state index in [9.17, 15) is 14.4 Å². The van der Waals surface area contributed by atoms with Crippen molar-refractivity contribution in [1.29, 1.82) is 0 Å². The zero-order valence-corrected chi connectivity index (χ0v) is 12.7. The van der Waals surface area contributed by atoms with Gasteiger partial charge in [-0.25, -0.2) is 0 Å². The number of nitrogens with zero attached hydrogens (tertiary/aromatic N) is 2. The number of carbonyl (C=O) groups excluding carboxylic acids is 3. The van der Waals surface area contributed by atoms with E-state index in [1.165, 1.54) is 6.92 Å². The Hall–Kier alpha value is -2.37. The van der Waals surface area contributed by atoms with E-state index in [0.29, 0.717) is 26.2 Å². The van der Waals surface area contributed by atoms with Crippen LogP contribution in [0.3, 0.4) is 0 Å². The highest BCUT2D eigenvalue weighted by molar-refractivity contribution is 5.93. The van der Waals surface area contributed by atoms with E-state index in [2.05, 4.69) is 5.32 Å². The van der Waals surface area contributed by atoms with Crippen molar-refractivity contribution in [3.8, 4) is 0 Å². The first kappa shape index (κ1) is 16.0. The molecule has 22 heavy (non-hydrogen) atoms. The Morgan fingerprint density at radius 2 is 1.55 bits per heavy atom. The van der Waals surface area contributed by atoms with Crippen LogP contribution in [0.1, 0.15) is 19.8 Å². The third kappa shape index (κ3) is 4.58. The van der Waals surface area contributed by atoms with Crippen LogP contribution >= 0.6 is 0 Å². The number of carbonyl (C=O) groups is 3. The van der Waals surface area contributed by atoms with E-state index in [4.69, 9.17) is 0 Å². The second-order valence-corrected chi connectivity index (χ2v) is 5.30. The fourth-order valence-electron chi connectivity index (χ4n) is 2.39. The van der Waals surface area contributed by atoms with Gasteiger partial charge in [-0.1, -0.05) is 18.2 Å². The van der Waals surface area contributed by atoms with E-state index >= 15 is 0 Å². The first-order chi connectivity index (χ1) is 10.6. The zero-order chi connectivity index (χ0) is 15.9. The number of para-hydroxylation sites is 1. The fraction of sp³-hybridized carbons (Fsp3) is 0.438. The first-order valence-electron chi connectivity index (χ1n) is 7.44. The molecular formula is C16H21N3O3. The number of rotatable bonds is 4. The Morgan fingerprint density at radius 1 is 0.955 bits per heavy atom. The Bertz CT molecular complexity index is 537. The molecule has 0 bridgehead atoms. The van der Waals surface area contributed by atoms with Gasteiger partial charge in [0.1, 0.15) is 0 Å². The van der Waals surface area contributed by atoms with Crippen molar-refractivity contribution in [3.63, 3.8) is 0 Å². The second kappa shape index (κ2) is 7.59. The molecular weight excluding hydrogens is 282 g/mol. The molecule has 1 fully saturated rings. The Morgan fingerprint density at radius 3 is 2.14 bits per heavy atom. The third-order valence-electron chi connectivity index (χ3n) is 3.70. The van der Waals surface area contributed by atoms with Crippen molar-refractivity contribution in [3.05, 3.63) is 30.3 Å². The number of hydrogen-bond donors (Lipinski definition) is 1. The van der Waals surface area contributed by atoms with Gasteiger partial charge in [-0.3, -0.25) is 14.4 Å². The van der Waals surface area contributed by atoms with Crippen LogP contribution < -0.4 is 5.32 Å². The average molecular weight is 303 g/mol. The molecule has 118 valence electrons. The summed E-state index contributed by atoms with van der Waals surface area (Å²) in [5, 5.41) is 2.76. The highest BCUT2D eigenvalue weighted by Crippen LogP contribution is 2.08. The first-order valence-corrected chi connectivity index (χ1v) is 7.44. The molecule has 0 atom stereocenters. The number of nitrogens with one attached hydrogen (secondary N) is 1. The summed E-state index contributed by atoms with van der Waals surface area (Å²) in [5.41, 5.74) is 0.732. The summed E-state index contributed by atoms with van der Waals surface area (Å²) in [6.07, 6.45) is 0.361. The minimum absolute atomic E-state index is 0.0357. The molecule has 1 aromatic rings. The number of piperazine rings is 1. The molecule has 0 saturated carbocycles. The van der Waals surface area contributed by atoms with Crippen molar-refractivity contribution in [2.45, 2.75) is 19.8 Å². The van der Waals surface area contributed by atoms with Crippen LogP contribution in [0, 0.1) is 0 Å². The SMILES string of the molecule is CC(=O)N1CCN(C(=O)CCC(=O)Nc2ccccc2)CC1. The van der Waals surface area contributed by atoms with Gasteiger partial charge in [0.25, 0.3) is 0 Å². The van der Waals surface area contributed by atoms with Crippen LogP contribution in [0.5, 0.6) is 0 Å². The molecule has 1 aliphatic heterocycles. The van der Waals surface area contributed by atoms with Crippen LogP contribution in [0.4, 0.5) is 5.69 Å². The van der Waals surface area contributed by atoms with Gasteiger partial charge >= 0.3 is 0 Å². The maximum Gasteiger partial charge on any atom is 0.224 e. The van der Waals surface area contributed by atoms with Crippen molar-refractivity contribution >= 4 is 23.4 Å². The fourth-order valence-corrected chi connectivity index (χ4v) is 2.39. The molecule has 0 aliphatic carbocycles. The smallest absolute Gasteiger partial charge is 0.224 e. The predicted molar refractivity (Wildman–Crippen MR) is 83.1 cm³/mol. The Labute approximate surface area is 130 Å². The van der Waals surface area contributed by atoms with Crippen molar-refractivity contribution in [1.82, 2.24) is 9.80 Å². The molecule has 0 aromatic heterocycles. The van der Waals surface area contributed by atoms with E-state index in [0.717, 1.165) is 5.69 Å². The van der Waals surface area contributed by atoms with Gasteiger partial charge in [-0.05, 0) is 12.1 Å². The molecule has 6 heteroatoms. The Kier molecular flexibility index (Phi) is 5.52. The van der Waals surface area contributed by atoms with Gasteiger partial charge in [0.15, 0.2) is 0 Å². The average Bonchev–Trinajstić information content (AvgIpc) is 2.53. The quantitative estimate of drug-likeness (QED) is 0.905. The van der Waals surface area contributed by atoms with Crippen LogP contribution in [0.2, 0.25) is 0 Å². The minimum atomic E-state index is -0.165. The summed E-state index contributed by atoms with van der Waals surface area (Å²) in [6, 6.07) is 9.17. The molecule has 3 amide bonds. The van der Waals surface area contributed by atoms with Gasteiger partial charge in [0, 0.05) is 51.6 Å². The maximum absolute atomic E-state index is 12.1. The molecule has 1 N–H and O–H groups in total. The summed E-state index contributed by atoms with van der Waals surface area (Å²) in [4.78, 5) is 38.6.